The summed E-state index contributed by atoms with van der Waals surface area (Å²) < 4.78 is 8.77. The molecule has 0 amide bonds. The number of nitrogens with one attached hydrogen (secondary N) is 1. The molecule has 0 unspecified atom stereocenters. The van der Waals surface area contributed by atoms with E-state index in [2.05, 4.69) is 15.4 Å². The van der Waals surface area contributed by atoms with Crippen molar-refractivity contribution in [3.05, 3.63) is 24.8 Å². The number of methoxy groups -OCH3 is 1. The van der Waals surface area contributed by atoms with Crippen LogP contribution in [-0.2, 0) is 18.3 Å². The van der Waals surface area contributed by atoms with E-state index in [1.807, 2.05) is 24.0 Å². The predicted molar refractivity (Wildman–Crippen MR) is 60.6 cm³/mol. The van der Waals surface area contributed by atoms with Crippen molar-refractivity contribution in [3.63, 3.8) is 0 Å². The zero-order valence-electron chi connectivity index (χ0n) is 9.42. The minimum absolute atomic E-state index is 0.665. The number of hydrogen-bond donors (Lipinski definition) is 1. The lowest BCUT2D eigenvalue weighted by Crippen LogP contribution is -2.06. The molecule has 6 nitrogen and oxygen atoms in total. The Balaban J connectivity index is 2.06. The van der Waals surface area contributed by atoms with Gasteiger partial charge in [-0.25, -0.2) is 4.98 Å². The highest BCUT2D eigenvalue weighted by Gasteiger charge is 2.03. The van der Waals surface area contributed by atoms with Crippen molar-refractivity contribution in [1.82, 2.24) is 19.3 Å². The molecule has 0 saturated heterocycles. The van der Waals surface area contributed by atoms with Crippen LogP contribution in [0.2, 0.25) is 0 Å². The van der Waals surface area contributed by atoms with E-state index in [9.17, 15) is 0 Å². The second kappa shape index (κ2) is 4.80. The molecule has 0 bridgehead atoms. The van der Waals surface area contributed by atoms with Gasteiger partial charge in [0, 0.05) is 39.3 Å². The van der Waals surface area contributed by atoms with Crippen molar-refractivity contribution < 1.29 is 4.74 Å². The van der Waals surface area contributed by atoms with Crippen LogP contribution < -0.4 is 5.32 Å². The smallest absolute Gasteiger partial charge is 0.207 e. The van der Waals surface area contributed by atoms with E-state index in [4.69, 9.17) is 4.74 Å². The summed E-state index contributed by atoms with van der Waals surface area (Å²) in [5, 5.41) is 7.28. The molecule has 2 aromatic rings. The molecule has 1 N–H and O–H groups in total. The molecule has 0 atom stereocenters. The average Bonchev–Trinajstić information content (AvgIpc) is 2.86. The van der Waals surface area contributed by atoms with Crippen LogP contribution in [0, 0.1) is 0 Å². The molecule has 0 aliphatic heterocycles. The molecule has 6 heteroatoms. The highest BCUT2D eigenvalue weighted by atomic mass is 16.5. The number of imidazole rings is 1. The van der Waals surface area contributed by atoms with E-state index in [0.29, 0.717) is 6.61 Å². The first-order valence-electron chi connectivity index (χ1n) is 5.05. The SMILES string of the molecule is COCCn1ccnc1Nc1cnn(C)c1. The number of nitrogens with zero attached hydrogens (tertiary/aromatic N) is 4. The molecular formula is C10H15N5O. The van der Waals surface area contributed by atoms with Gasteiger partial charge in [0.1, 0.15) is 0 Å². The lowest BCUT2D eigenvalue weighted by molar-refractivity contribution is 0.188. The van der Waals surface area contributed by atoms with E-state index in [0.717, 1.165) is 18.2 Å². The van der Waals surface area contributed by atoms with Gasteiger partial charge in [-0.3, -0.25) is 4.68 Å². The Bertz CT molecular complexity index is 448. The Morgan fingerprint density at radius 2 is 2.38 bits per heavy atom. The minimum atomic E-state index is 0.665. The number of aryl methyl sites for hydroxylation is 1. The maximum atomic E-state index is 5.03. The highest BCUT2D eigenvalue weighted by molar-refractivity contribution is 5.50. The van der Waals surface area contributed by atoms with E-state index in [1.54, 1.807) is 24.2 Å². The molecule has 0 aliphatic carbocycles. The van der Waals surface area contributed by atoms with Gasteiger partial charge in [-0.1, -0.05) is 0 Å². The zero-order chi connectivity index (χ0) is 11.4. The lowest BCUT2D eigenvalue weighted by Gasteiger charge is -2.07. The molecule has 16 heavy (non-hydrogen) atoms. The van der Waals surface area contributed by atoms with Crippen LogP contribution in [0.5, 0.6) is 0 Å². The van der Waals surface area contributed by atoms with Crippen molar-refractivity contribution >= 4 is 11.6 Å². The molecule has 0 radical (unpaired) electrons. The first-order valence-corrected chi connectivity index (χ1v) is 5.05. The fourth-order valence-electron chi connectivity index (χ4n) is 1.42. The van der Waals surface area contributed by atoms with Crippen molar-refractivity contribution in [2.24, 2.45) is 7.05 Å². The molecule has 2 heterocycles. The van der Waals surface area contributed by atoms with Crippen molar-refractivity contribution in [3.8, 4) is 0 Å². The Labute approximate surface area is 93.9 Å². The summed E-state index contributed by atoms with van der Waals surface area (Å²) in [6, 6.07) is 0. The molecule has 0 aromatic carbocycles. The molecule has 0 aliphatic rings. The fraction of sp³-hybridized carbons (Fsp3) is 0.400. The van der Waals surface area contributed by atoms with Gasteiger partial charge >= 0.3 is 0 Å². The molecule has 2 rings (SSSR count). The van der Waals surface area contributed by atoms with Crippen molar-refractivity contribution in [2.45, 2.75) is 6.54 Å². The van der Waals surface area contributed by atoms with Gasteiger partial charge in [0.05, 0.1) is 18.5 Å². The lowest BCUT2D eigenvalue weighted by atomic mass is 10.5. The van der Waals surface area contributed by atoms with Gasteiger partial charge in [0.2, 0.25) is 5.95 Å². The summed E-state index contributed by atoms with van der Waals surface area (Å²) in [7, 11) is 3.56. The standard InChI is InChI=1S/C10H15N5O/c1-14-8-9(7-12-14)13-10-11-3-4-15(10)5-6-16-2/h3-4,7-8H,5-6H2,1-2H3,(H,11,13). The molecule has 86 valence electrons. The zero-order valence-corrected chi connectivity index (χ0v) is 9.42. The van der Waals surface area contributed by atoms with E-state index in [1.165, 1.54) is 0 Å². The summed E-state index contributed by atoms with van der Waals surface area (Å²) >= 11 is 0. The van der Waals surface area contributed by atoms with Gasteiger partial charge in [-0.05, 0) is 0 Å². The quantitative estimate of drug-likeness (QED) is 0.818. The fourth-order valence-corrected chi connectivity index (χ4v) is 1.42. The summed E-state index contributed by atoms with van der Waals surface area (Å²) in [5.41, 5.74) is 0.923. The Morgan fingerprint density at radius 1 is 1.50 bits per heavy atom. The van der Waals surface area contributed by atoms with Crippen LogP contribution >= 0.6 is 0 Å². The predicted octanol–water partition coefficient (Wildman–Crippen LogP) is 1.01. The number of anilines is 2. The average molecular weight is 221 g/mol. The maximum absolute atomic E-state index is 5.03. The Morgan fingerprint density at radius 3 is 3.06 bits per heavy atom. The summed E-state index contributed by atoms with van der Waals surface area (Å²) in [5.74, 6) is 0.796. The second-order valence-corrected chi connectivity index (χ2v) is 3.46. The molecular weight excluding hydrogens is 206 g/mol. The second-order valence-electron chi connectivity index (χ2n) is 3.46. The third kappa shape index (κ3) is 2.40. The van der Waals surface area contributed by atoms with Crippen LogP contribution in [0.15, 0.2) is 24.8 Å². The Hall–Kier alpha value is -1.82. The first kappa shape index (κ1) is 10.7. The third-order valence-electron chi connectivity index (χ3n) is 2.21. The van der Waals surface area contributed by atoms with Gasteiger partial charge in [0.15, 0.2) is 0 Å². The maximum Gasteiger partial charge on any atom is 0.207 e. The molecule has 0 spiro atoms. The van der Waals surface area contributed by atoms with Crippen molar-refractivity contribution in [1.29, 1.82) is 0 Å². The van der Waals surface area contributed by atoms with Gasteiger partial charge < -0.3 is 14.6 Å². The minimum Gasteiger partial charge on any atom is -0.383 e. The van der Waals surface area contributed by atoms with Crippen LogP contribution in [0.4, 0.5) is 11.6 Å². The largest absolute Gasteiger partial charge is 0.383 e. The Kier molecular flexibility index (Phi) is 3.21. The normalized spacial score (nSPS) is 10.6. The first-order chi connectivity index (χ1) is 7.79. The van der Waals surface area contributed by atoms with Gasteiger partial charge in [-0.2, -0.15) is 5.10 Å². The molecule has 0 fully saturated rings. The highest BCUT2D eigenvalue weighted by Crippen LogP contribution is 2.13. The van der Waals surface area contributed by atoms with Gasteiger partial charge in [-0.15, -0.1) is 0 Å². The van der Waals surface area contributed by atoms with E-state index >= 15 is 0 Å². The van der Waals surface area contributed by atoms with E-state index in [-0.39, 0.29) is 0 Å². The molecule has 2 aromatic heterocycles. The third-order valence-corrected chi connectivity index (χ3v) is 2.21. The van der Waals surface area contributed by atoms with Crippen molar-refractivity contribution in [2.75, 3.05) is 19.0 Å². The van der Waals surface area contributed by atoms with Crippen LogP contribution in [-0.4, -0.2) is 33.0 Å². The number of hydrogen-bond acceptors (Lipinski definition) is 4. The van der Waals surface area contributed by atoms with Gasteiger partial charge in [0.25, 0.3) is 0 Å². The summed E-state index contributed by atoms with van der Waals surface area (Å²) in [6.45, 7) is 1.44. The topological polar surface area (TPSA) is 56.9 Å². The van der Waals surface area contributed by atoms with Crippen LogP contribution in [0.1, 0.15) is 0 Å². The number of aromatic nitrogens is 4. The number of rotatable bonds is 5. The summed E-state index contributed by atoms with van der Waals surface area (Å²) in [4.78, 5) is 4.23. The monoisotopic (exact) mass is 221 g/mol. The van der Waals surface area contributed by atoms with Crippen LogP contribution in [0.25, 0.3) is 0 Å². The molecule has 0 saturated carbocycles. The summed E-state index contributed by atoms with van der Waals surface area (Å²) in [6.07, 6.45) is 7.33. The van der Waals surface area contributed by atoms with Crippen LogP contribution in [0.3, 0.4) is 0 Å². The number of ether oxygens (including phenoxy) is 1. The van der Waals surface area contributed by atoms with E-state index < -0.39 is 0 Å².